The summed E-state index contributed by atoms with van der Waals surface area (Å²) in [5.74, 6) is 0.146. The van der Waals surface area contributed by atoms with Gasteiger partial charge in [-0.05, 0) is 17.4 Å². The van der Waals surface area contributed by atoms with Crippen LogP contribution in [0.3, 0.4) is 0 Å². The summed E-state index contributed by atoms with van der Waals surface area (Å²) in [4.78, 5) is 25.9. The Morgan fingerprint density at radius 2 is 2.18 bits per heavy atom. The van der Waals surface area contributed by atoms with Crippen LogP contribution < -0.4 is 5.32 Å². The summed E-state index contributed by atoms with van der Waals surface area (Å²) in [7, 11) is 0. The minimum Gasteiger partial charge on any atom is -0.316 e. The number of carbonyl (C=O) groups is 2. The van der Waals surface area contributed by atoms with Crippen LogP contribution in [0.4, 0.5) is 4.79 Å². The highest BCUT2D eigenvalue weighted by atomic mass is 32.1. The number of amides is 3. The van der Waals surface area contributed by atoms with Crippen LogP contribution in [0.1, 0.15) is 31.2 Å². The van der Waals surface area contributed by atoms with E-state index in [-0.39, 0.29) is 18.0 Å². The van der Waals surface area contributed by atoms with Gasteiger partial charge in [0.2, 0.25) is 5.91 Å². The van der Waals surface area contributed by atoms with Gasteiger partial charge in [0, 0.05) is 17.8 Å². The SMILES string of the molecule is CC(C)C(c1cccs1)N1CCC(=O)NC1=O. The highest BCUT2D eigenvalue weighted by Gasteiger charge is 2.32. The van der Waals surface area contributed by atoms with Crippen LogP contribution >= 0.6 is 11.3 Å². The van der Waals surface area contributed by atoms with E-state index in [1.807, 2.05) is 17.5 Å². The lowest BCUT2D eigenvalue weighted by Crippen LogP contribution is -2.51. The average Bonchev–Trinajstić information content (AvgIpc) is 2.74. The predicted molar refractivity (Wildman–Crippen MR) is 66.8 cm³/mol. The van der Waals surface area contributed by atoms with Gasteiger partial charge in [0.1, 0.15) is 0 Å². The monoisotopic (exact) mass is 252 g/mol. The molecule has 1 N–H and O–H groups in total. The molecule has 0 bridgehead atoms. The van der Waals surface area contributed by atoms with E-state index >= 15 is 0 Å². The Balaban J connectivity index is 2.22. The van der Waals surface area contributed by atoms with Crippen LogP contribution in [0.5, 0.6) is 0 Å². The molecule has 0 aliphatic carbocycles. The second kappa shape index (κ2) is 4.87. The van der Waals surface area contributed by atoms with E-state index in [1.54, 1.807) is 16.2 Å². The van der Waals surface area contributed by atoms with E-state index in [2.05, 4.69) is 19.2 Å². The summed E-state index contributed by atoms with van der Waals surface area (Å²) in [6.45, 7) is 4.69. The Morgan fingerprint density at radius 3 is 2.71 bits per heavy atom. The molecule has 1 aliphatic rings. The number of nitrogens with zero attached hydrogens (tertiary/aromatic N) is 1. The molecule has 2 rings (SSSR count). The maximum Gasteiger partial charge on any atom is 0.324 e. The molecule has 0 radical (unpaired) electrons. The highest BCUT2D eigenvalue weighted by molar-refractivity contribution is 7.10. The van der Waals surface area contributed by atoms with Crippen LogP contribution in [-0.2, 0) is 4.79 Å². The molecule has 1 saturated heterocycles. The fraction of sp³-hybridized carbons (Fsp3) is 0.500. The number of hydrogen-bond acceptors (Lipinski definition) is 3. The molecule has 0 saturated carbocycles. The van der Waals surface area contributed by atoms with Gasteiger partial charge in [-0.25, -0.2) is 4.79 Å². The summed E-state index contributed by atoms with van der Waals surface area (Å²) in [5, 5.41) is 4.39. The van der Waals surface area contributed by atoms with Crippen LogP contribution in [0.15, 0.2) is 17.5 Å². The molecule has 2 heterocycles. The molecule has 1 unspecified atom stereocenters. The minimum absolute atomic E-state index is 0.0584. The fourth-order valence-electron chi connectivity index (χ4n) is 2.14. The number of urea groups is 1. The van der Waals surface area contributed by atoms with Crippen molar-refractivity contribution < 1.29 is 9.59 Å². The standard InChI is InChI=1S/C12H16N2O2S/c1-8(2)11(9-4-3-7-17-9)14-6-5-10(15)13-12(14)16/h3-4,7-8,11H,5-6H2,1-2H3,(H,13,15,16). The fourth-order valence-corrected chi connectivity index (χ4v) is 3.15. The first-order valence-electron chi connectivity index (χ1n) is 5.73. The van der Waals surface area contributed by atoms with Gasteiger partial charge in [-0.15, -0.1) is 11.3 Å². The third kappa shape index (κ3) is 2.49. The van der Waals surface area contributed by atoms with Crippen molar-refractivity contribution in [1.82, 2.24) is 10.2 Å². The number of imide groups is 1. The van der Waals surface area contributed by atoms with E-state index in [1.165, 1.54) is 4.88 Å². The smallest absolute Gasteiger partial charge is 0.316 e. The van der Waals surface area contributed by atoms with Crippen LogP contribution in [0.25, 0.3) is 0 Å². The summed E-state index contributed by atoms with van der Waals surface area (Å²) in [5.41, 5.74) is 0. The van der Waals surface area contributed by atoms with Gasteiger partial charge in [-0.3, -0.25) is 10.1 Å². The van der Waals surface area contributed by atoms with Crippen molar-refractivity contribution in [3.63, 3.8) is 0 Å². The Kier molecular flexibility index (Phi) is 3.47. The van der Waals surface area contributed by atoms with Gasteiger partial charge >= 0.3 is 6.03 Å². The van der Waals surface area contributed by atoms with Crippen molar-refractivity contribution in [1.29, 1.82) is 0 Å². The minimum atomic E-state index is -0.270. The van der Waals surface area contributed by atoms with Crippen molar-refractivity contribution in [3.8, 4) is 0 Å². The first-order valence-corrected chi connectivity index (χ1v) is 6.61. The van der Waals surface area contributed by atoms with Gasteiger partial charge in [0.25, 0.3) is 0 Å². The van der Waals surface area contributed by atoms with E-state index in [9.17, 15) is 9.59 Å². The zero-order valence-corrected chi connectivity index (χ0v) is 10.8. The molecule has 1 aliphatic heterocycles. The van der Waals surface area contributed by atoms with E-state index in [0.29, 0.717) is 18.9 Å². The number of rotatable bonds is 3. The van der Waals surface area contributed by atoms with Gasteiger partial charge < -0.3 is 4.90 Å². The maximum atomic E-state index is 11.8. The lowest BCUT2D eigenvalue weighted by molar-refractivity contribution is -0.121. The van der Waals surface area contributed by atoms with Crippen molar-refractivity contribution in [3.05, 3.63) is 22.4 Å². The Hall–Kier alpha value is -1.36. The highest BCUT2D eigenvalue weighted by Crippen LogP contribution is 2.32. The molecule has 1 atom stereocenters. The number of carbonyl (C=O) groups excluding carboxylic acids is 2. The summed E-state index contributed by atoms with van der Waals surface area (Å²) in [6.07, 6.45) is 0.389. The topological polar surface area (TPSA) is 49.4 Å². The summed E-state index contributed by atoms with van der Waals surface area (Å²) >= 11 is 1.65. The Bertz CT molecular complexity index is 414. The van der Waals surface area contributed by atoms with Gasteiger partial charge in [-0.2, -0.15) is 0 Å². The second-order valence-corrected chi connectivity index (χ2v) is 5.48. The maximum absolute atomic E-state index is 11.8. The van der Waals surface area contributed by atoms with E-state index < -0.39 is 0 Å². The third-order valence-corrected chi connectivity index (χ3v) is 3.83. The molecule has 4 nitrogen and oxygen atoms in total. The van der Waals surface area contributed by atoms with Gasteiger partial charge in [-0.1, -0.05) is 19.9 Å². The van der Waals surface area contributed by atoms with Crippen molar-refractivity contribution in [2.45, 2.75) is 26.3 Å². The van der Waals surface area contributed by atoms with Crippen molar-refractivity contribution in [2.75, 3.05) is 6.54 Å². The average molecular weight is 252 g/mol. The lowest BCUT2D eigenvalue weighted by Gasteiger charge is -2.36. The first-order chi connectivity index (χ1) is 8.09. The van der Waals surface area contributed by atoms with Crippen LogP contribution in [-0.4, -0.2) is 23.4 Å². The summed E-state index contributed by atoms with van der Waals surface area (Å²) < 4.78 is 0. The lowest BCUT2D eigenvalue weighted by atomic mass is 10.00. The Labute approximate surface area is 105 Å². The molecular formula is C12H16N2O2S. The Morgan fingerprint density at radius 1 is 1.41 bits per heavy atom. The van der Waals surface area contributed by atoms with E-state index in [4.69, 9.17) is 0 Å². The molecule has 1 fully saturated rings. The number of hydrogen-bond donors (Lipinski definition) is 1. The van der Waals surface area contributed by atoms with E-state index in [0.717, 1.165) is 0 Å². The third-order valence-electron chi connectivity index (χ3n) is 2.89. The molecule has 1 aromatic rings. The zero-order valence-electron chi connectivity index (χ0n) is 9.97. The number of nitrogens with one attached hydrogen (secondary N) is 1. The molecule has 0 aromatic carbocycles. The second-order valence-electron chi connectivity index (χ2n) is 4.50. The van der Waals surface area contributed by atoms with Crippen LogP contribution in [0.2, 0.25) is 0 Å². The van der Waals surface area contributed by atoms with Gasteiger partial charge in [0.05, 0.1) is 6.04 Å². The predicted octanol–water partition coefficient (Wildman–Crippen LogP) is 2.39. The largest absolute Gasteiger partial charge is 0.324 e. The molecule has 0 spiro atoms. The quantitative estimate of drug-likeness (QED) is 0.898. The molecule has 17 heavy (non-hydrogen) atoms. The van der Waals surface area contributed by atoms with Gasteiger partial charge in [0.15, 0.2) is 0 Å². The first kappa shape index (κ1) is 12.1. The molecule has 3 amide bonds. The molecule has 5 heteroatoms. The zero-order chi connectivity index (χ0) is 12.4. The van der Waals surface area contributed by atoms with Crippen molar-refractivity contribution >= 4 is 23.3 Å². The van der Waals surface area contributed by atoms with Crippen LogP contribution in [0, 0.1) is 5.92 Å². The number of thiophene rings is 1. The van der Waals surface area contributed by atoms with Crippen molar-refractivity contribution in [2.24, 2.45) is 5.92 Å². The summed E-state index contributed by atoms with van der Waals surface area (Å²) in [6, 6.07) is 3.82. The molecular weight excluding hydrogens is 236 g/mol. The normalized spacial score (nSPS) is 18.4. The molecule has 92 valence electrons. The molecule has 1 aromatic heterocycles.